The second-order valence-electron chi connectivity index (χ2n) is 3.94. The fraction of sp³-hybridized carbons (Fsp3) is 0.909. The lowest BCUT2D eigenvalue weighted by Gasteiger charge is -2.33. The molecule has 1 N–H and O–H groups in total. The number of aliphatic hydroxyl groups excluding tert-OH is 1. The Morgan fingerprint density at radius 2 is 1.57 bits per heavy atom. The van der Waals surface area contributed by atoms with E-state index in [0.717, 1.165) is 30.4 Å². The van der Waals surface area contributed by atoms with Crippen LogP contribution in [0.4, 0.5) is 0 Å². The van der Waals surface area contributed by atoms with Gasteiger partial charge < -0.3 is 5.11 Å². The Kier molecular flexibility index (Phi) is 6.28. The largest absolute Gasteiger partial charge is 0.391 e. The zero-order valence-electron chi connectivity index (χ0n) is 10.3. The number of rotatable bonds is 6. The van der Waals surface area contributed by atoms with Gasteiger partial charge in [0.2, 0.25) is 0 Å². The minimum absolute atomic E-state index is 0.234. The Balaban J connectivity index is 4.75. The quantitative estimate of drug-likeness (QED) is 0.536. The van der Waals surface area contributed by atoms with Crippen molar-refractivity contribution in [2.45, 2.75) is 58.5 Å². The molecule has 0 aliphatic carbocycles. The number of aliphatic imine (C=N–C) groups is 1. The van der Waals surface area contributed by atoms with E-state index >= 15 is 0 Å². The van der Waals surface area contributed by atoms with Crippen LogP contribution in [0.5, 0.6) is 0 Å². The molecule has 0 amide bonds. The van der Waals surface area contributed by atoms with Crippen molar-refractivity contribution < 1.29 is 5.11 Å². The van der Waals surface area contributed by atoms with Gasteiger partial charge in [0.1, 0.15) is 0 Å². The van der Waals surface area contributed by atoms with E-state index in [2.05, 4.69) is 25.8 Å². The van der Waals surface area contributed by atoms with Crippen LogP contribution in [0.1, 0.15) is 34.6 Å². The predicted octanol–water partition coefficient (Wildman–Crippen LogP) is 2.88. The molecular formula is C11H25NOSi. The summed E-state index contributed by atoms with van der Waals surface area (Å²) in [7, 11) is -1.50. The van der Waals surface area contributed by atoms with Crippen LogP contribution in [0, 0.1) is 0 Å². The Morgan fingerprint density at radius 1 is 1.14 bits per heavy atom. The van der Waals surface area contributed by atoms with Crippen LogP contribution in [-0.2, 0) is 0 Å². The van der Waals surface area contributed by atoms with Gasteiger partial charge in [-0.05, 0) is 13.8 Å². The number of hydrogen-bond donors (Lipinski definition) is 1. The van der Waals surface area contributed by atoms with Crippen LogP contribution < -0.4 is 0 Å². The maximum atomic E-state index is 10.3. The van der Waals surface area contributed by atoms with Crippen molar-refractivity contribution in [1.82, 2.24) is 0 Å². The molecule has 14 heavy (non-hydrogen) atoms. The molecule has 0 saturated heterocycles. The summed E-state index contributed by atoms with van der Waals surface area (Å²) in [6.07, 6.45) is 0. The molecule has 0 fully saturated rings. The summed E-state index contributed by atoms with van der Waals surface area (Å²) in [4.78, 5) is 4.34. The van der Waals surface area contributed by atoms with Gasteiger partial charge in [-0.3, -0.25) is 4.99 Å². The lowest BCUT2D eigenvalue weighted by Crippen LogP contribution is -2.49. The first kappa shape index (κ1) is 13.8. The van der Waals surface area contributed by atoms with E-state index < -0.39 is 8.07 Å². The van der Waals surface area contributed by atoms with Crippen molar-refractivity contribution in [3.05, 3.63) is 0 Å². The van der Waals surface area contributed by atoms with Crippen LogP contribution in [0.25, 0.3) is 0 Å². The minimum Gasteiger partial charge on any atom is -0.391 e. The van der Waals surface area contributed by atoms with Crippen molar-refractivity contribution in [3.63, 3.8) is 0 Å². The first-order chi connectivity index (χ1) is 6.57. The van der Waals surface area contributed by atoms with E-state index in [1.165, 1.54) is 0 Å². The standard InChI is InChI=1S/C11H25NOSi/c1-6-12-10(5)11(13)14(7-2,8-3)9-4/h11,13H,6-9H2,1-5H3. The summed E-state index contributed by atoms with van der Waals surface area (Å²) in [5.41, 5.74) is 0.715. The highest BCUT2D eigenvalue weighted by Gasteiger charge is 2.36. The molecular weight excluding hydrogens is 190 g/mol. The molecule has 0 aromatic carbocycles. The van der Waals surface area contributed by atoms with Crippen LogP contribution in [0.3, 0.4) is 0 Å². The zero-order valence-corrected chi connectivity index (χ0v) is 11.3. The molecule has 0 aliphatic rings. The molecule has 0 bridgehead atoms. The fourth-order valence-corrected chi connectivity index (χ4v) is 5.75. The third-order valence-electron chi connectivity index (χ3n) is 3.50. The SMILES string of the molecule is CCN=C(C)C(O)[Si](CC)(CC)CC. The van der Waals surface area contributed by atoms with E-state index in [-0.39, 0.29) is 5.73 Å². The van der Waals surface area contributed by atoms with Gasteiger partial charge in [-0.25, -0.2) is 0 Å². The monoisotopic (exact) mass is 215 g/mol. The van der Waals surface area contributed by atoms with E-state index in [1.54, 1.807) is 0 Å². The van der Waals surface area contributed by atoms with Crippen molar-refractivity contribution >= 4 is 13.8 Å². The number of hydrogen-bond acceptors (Lipinski definition) is 2. The molecule has 0 aliphatic heterocycles. The summed E-state index contributed by atoms with van der Waals surface area (Å²) >= 11 is 0. The van der Waals surface area contributed by atoms with E-state index in [9.17, 15) is 5.11 Å². The lowest BCUT2D eigenvalue weighted by molar-refractivity contribution is 0.303. The maximum absolute atomic E-state index is 10.3. The summed E-state index contributed by atoms with van der Waals surface area (Å²) in [5, 5.41) is 10.3. The fourth-order valence-electron chi connectivity index (χ4n) is 2.11. The summed E-state index contributed by atoms with van der Waals surface area (Å²) in [5.74, 6) is 0. The third kappa shape index (κ3) is 2.92. The minimum atomic E-state index is -1.50. The second-order valence-corrected chi connectivity index (χ2v) is 9.33. The molecule has 0 aromatic rings. The van der Waals surface area contributed by atoms with Crippen LogP contribution in [-0.4, -0.2) is 31.2 Å². The smallest absolute Gasteiger partial charge is 0.0937 e. The topological polar surface area (TPSA) is 32.6 Å². The Hall–Kier alpha value is -0.153. The van der Waals surface area contributed by atoms with E-state index in [0.29, 0.717) is 0 Å². The molecule has 84 valence electrons. The molecule has 2 nitrogen and oxygen atoms in total. The molecule has 3 heteroatoms. The normalized spacial score (nSPS) is 15.7. The molecule has 0 heterocycles. The van der Waals surface area contributed by atoms with Gasteiger partial charge in [0.05, 0.1) is 13.8 Å². The van der Waals surface area contributed by atoms with Gasteiger partial charge >= 0.3 is 0 Å². The first-order valence-electron chi connectivity index (χ1n) is 5.76. The van der Waals surface area contributed by atoms with Crippen molar-refractivity contribution in [2.75, 3.05) is 6.54 Å². The molecule has 0 aromatic heterocycles. The van der Waals surface area contributed by atoms with E-state index in [4.69, 9.17) is 0 Å². The maximum Gasteiger partial charge on any atom is 0.0937 e. The second kappa shape index (κ2) is 6.35. The summed E-state index contributed by atoms with van der Waals surface area (Å²) < 4.78 is 0. The summed E-state index contributed by atoms with van der Waals surface area (Å²) in [6.45, 7) is 11.4. The zero-order chi connectivity index (χ0) is 11.2. The molecule has 1 atom stereocenters. The van der Waals surface area contributed by atoms with Crippen molar-refractivity contribution in [3.8, 4) is 0 Å². The van der Waals surface area contributed by atoms with Gasteiger partial charge in [-0.15, -0.1) is 0 Å². The highest BCUT2D eigenvalue weighted by Crippen LogP contribution is 2.25. The average Bonchev–Trinajstić information content (AvgIpc) is 2.21. The van der Waals surface area contributed by atoms with Gasteiger partial charge in [-0.2, -0.15) is 0 Å². The molecule has 0 spiro atoms. The van der Waals surface area contributed by atoms with E-state index in [1.807, 2.05) is 13.8 Å². The van der Waals surface area contributed by atoms with Gasteiger partial charge in [0.25, 0.3) is 0 Å². The lowest BCUT2D eigenvalue weighted by atomic mass is 10.4. The Bertz CT molecular complexity index is 179. The van der Waals surface area contributed by atoms with Gasteiger partial charge in [-0.1, -0.05) is 38.9 Å². The van der Waals surface area contributed by atoms with Crippen molar-refractivity contribution in [1.29, 1.82) is 0 Å². The Labute approximate surface area is 89.5 Å². The molecule has 0 rings (SSSR count). The van der Waals surface area contributed by atoms with Crippen LogP contribution >= 0.6 is 0 Å². The van der Waals surface area contributed by atoms with Gasteiger partial charge in [0, 0.05) is 12.3 Å². The summed E-state index contributed by atoms with van der Waals surface area (Å²) in [6, 6.07) is 3.45. The predicted molar refractivity (Wildman–Crippen MR) is 66.9 cm³/mol. The highest BCUT2D eigenvalue weighted by atomic mass is 28.3. The average molecular weight is 215 g/mol. The number of aliphatic hydroxyl groups is 1. The third-order valence-corrected chi connectivity index (χ3v) is 9.30. The molecule has 0 saturated carbocycles. The molecule has 1 unspecified atom stereocenters. The Morgan fingerprint density at radius 3 is 1.86 bits per heavy atom. The number of nitrogens with zero attached hydrogens (tertiary/aromatic N) is 1. The van der Waals surface area contributed by atoms with Crippen LogP contribution in [0.2, 0.25) is 18.1 Å². The highest BCUT2D eigenvalue weighted by molar-refractivity contribution is 6.83. The first-order valence-corrected chi connectivity index (χ1v) is 8.46. The van der Waals surface area contributed by atoms with Crippen LogP contribution in [0.15, 0.2) is 4.99 Å². The molecule has 0 radical (unpaired) electrons. The van der Waals surface area contributed by atoms with Crippen molar-refractivity contribution in [2.24, 2.45) is 4.99 Å². The van der Waals surface area contributed by atoms with Gasteiger partial charge in [0.15, 0.2) is 0 Å².